The van der Waals surface area contributed by atoms with Crippen LogP contribution >= 0.6 is 0 Å². The minimum atomic E-state index is -0.984. The van der Waals surface area contributed by atoms with Crippen LogP contribution in [0.2, 0.25) is 0 Å². The van der Waals surface area contributed by atoms with Crippen LogP contribution in [0.4, 0.5) is 13.2 Å². The zero-order valence-electron chi connectivity index (χ0n) is 19.3. The molecule has 1 aliphatic heterocycles. The van der Waals surface area contributed by atoms with Gasteiger partial charge in [-0.15, -0.1) is 0 Å². The van der Waals surface area contributed by atoms with Crippen molar-refractivity contribution in [1.29, 1.82) is 0 Å². The Kier molecular flexibility index (Phi) is 7.27. The highest BCUT2D eigenvalue weighted by molar-refractivity contribution is 5.83. The predicted octanol–water partition coefficient (Wildman–Crippen LogP) is 4.81. The lowest BCUT2D eigenvalue weighted by Crippen LogP contribution is -2.35. The summed E-state index contributed by atoms with van der Waals surface area (Å²) in [5, 5.41) is 10.6. The maximum atomic E-state index is 14.6. The van der Waals surface area contributed by atoms with Crippen LogP contribution in [0.15, 0.2) is 42.6 Å². The van der Waals surface area contributed by atoms with Crippen LogP contribution in [-0.2, 0) is 11.2 Å². The second kappa shape index (κ2) is 10.4. The third kappa shape index (κ3) is 5.25. The third-order valence-corrected chi connectivity index (χ3v) is 6.58. The van der Waals surface area contributed by atoms with Crippen LogP contribution in [0.5, 0.6) is 5.75 Å². The van der Waals surface area contributed by atoms with Crippen molar-refractivity contribution in [3.05, 3.63) is 71.2 Å². The molecule has 35 heavy (non-hydrogen) atoms. The minimum Gasteiger partial charge on any atom is -0.497 e. The fourth-order valence-electron chi connectivity index (χ4n) is 4.62. The summed E-state index contributed by atoms with van der Waals surface area (Å²) in [7, 11) is 1.53. The van der Waals surface area contributed by atoms with Crippen LogP contribution in [0, 0.1) is 34.7 Å². The number of pyridine rings is 1. The van der Waals surface area contributed by atoms with E-state index in [9.17, 15) is 23.1 Å². The molecule has 0 radical (unpaired) electrons. The molecule has 0 aliphatic carbocycles. The van der Waals surface area contributed by atoms with E-state index in [-0.39, 0.29) is 18.7 Å². The standard InChI is InChI=1S/C27H25F3N2O3/c1-35-18-9-10-25-21(15-18)19(24(30)16-31-25)5-3-11-27(26(33)34)12-14-32(17-27)13-4-6-20-22(28)7-2-8-23(20)29/h2,7-10,15-16H,3,5,11-14,17H2,1H3,(H,33,34). The molecule has 2 aromatic carbocycles. The molecule has 1 saturated heterocycles. The average molecular weight is 483 g/mol. The summed E-state index contributed by atoms with van der Waals surface area (Å²) in [4.78, 5) is 18.2. The Hall–Kier alpha value is -3.57. The van der Waals surface area contributed by atoms with E-state index in [0.717, 1.165) is 12.1 Å². The topological polar surface area (TPSA) is 62.7 Å². The number of nitrogens with zero attached hydrogens (tertiary/aromatic N) is 2. The summed E-state index contributed by atoms with van der Waals surface area (Å²) in [6, 6.07) is 8.81. The van der Waals surface area contributed by atoms with Gasteiger partial charge in [0.25, 0.3) is 0 Å². The van der Waals surface area contributed by atoms with E-state index in [2.05, 4.69) is 16.8 Å². The second-order valence-electron chi connectivity index (χ2n) is 8.77. The molecule has 1 aliphatic rings. The van der Waals surface area contributed by atoms with Gasteiger partial charge in [-0.05, 0) is 61.6 Å². The fraction of sp³-hybridized carbons (Fsp3) is 0.333. The number of fused-ring (bicyclic) bond motifs is 1. The molecule has 1 aromatic heterocycles. The van der Waals surface area contributed by atoms with Gasteiger partial charge in [0, 0.05) is 18.5 Å². The number of carbonyl (C=O) groups is 1. The Labute approximate surface area is 201 Å². The normalized spacial score (nSPS) is 17.8. The molecule has 1 fully saturated rings. The molecule has 4 rings (SSSR count). The van der Waals surface area contributed by atoms with Crippen LogP contribution < -0.4 is 4.74 Å². The largest absolute Gasteiger partial charge is 0.497 e. The van der Waals surface area contributed by atoms with Crippen molar-refractivity contribution in [2.45, 2.75) is 25.7 Å². The van der Waals surface area contributed by atoms with Gasteiger partial charge in [-0.1, -0.05) is 17.9 Å². The smallest absolute Gasteiger partial charge is 0.310 e. The molecule has 0 saturated carbocycles. The summed E-state index contributed by atoms with van der Waals surface area (Å²) < 4.78 is 47.4. The number of aliphatic carboxylic acids is 1. The zero-order valence-corrected chi connectivity index (χ0v) is 19.3. The summed E-state index contributed by atoms with van der Waals surface area (Å²) in [5.41, 5.74) is -0.143. The highest BCUT2D eigenvalue weighted by atomic mass is 19.1. The number of hydrogen-bond donors (Lipinski definition) is 1. The lowest BCUT2D eigenvalue weighted by molar-refractivity contribution is -0.148. The number of aromatic nitrogens is 1. The maximum absolute atomic E-state index is 14.6. The van der Waals surface area contributed by atoms with Gasteiger partial charge in [-0.2, -0.15) is 0 Å². The number of ether oxygens (including phenoxy) is 1. The first kappa shape index (κ1) is 24.6. The molecule has 1 unspecified atom stereocenters. The average Bonchev–Trinajstić information content (AvgIpc) is 3.26. The molecule has 0 amide bonds. The number of benzene rings is 2. The van der Waals surface area contributed by atoms with Crippen LogP contribution in [-0.4, -0.2) is 47.7 Å². The highest BCUT2D eigenvalue weighted by Gasteiger charge is 2.44. The SMILES string of the molecule is COc1ccc2ncc(F)c(CCCC3(C(=O)O)CCN(CC#Cc4c(F)cccc4F)C3)c2c1. The zero-order chi connectivity index (χ0) is 25.0. The van der Waals surface area contributed by atoms with E-state index >= 15 is 0 Å². The molecule has 5 nitrogen and oxygen atoms in total. The molecule has 3 aromatic rings. The van der Waals surface area contributed by atoms with Crippen molar-refractivity contribution in [2.75, 3.05) is 26.7 Å². The minimum absolute atomic E-state index is 0.201. The number of carboxylic acids is 1. The van der Waals surface area contributed by atoms with Gasteiger partial charge >= 0.3 is 5.97 Å². The third-order valence-electron chi connectivity index (χ3n) is 6.58. The van der Waals surface area contributed by atoms with E-state index < -0.39 is 28.8 Å². The number of hydrogen-bond acceptors (Lipinski definition) is 4. The highest BCUT2D eigenvalue weighted by Crippen LogP contribution is 2.36. The van der Waals surface area contributed by atoms with E-state index in [1.807, 2.05) is 4.90 Å². The molecule has 1 N–H and O–H groups in total. The van der Waals surface area contributed by atoms with Gasteiger partial charge in [-0.3, -0.25) is 14.7 Å². The molecule has 1 atom stereocenters. The first-order chi connectivity index (χ1) is 16.8. The molecule has 0 bridgehead atoms. The van der Waals surface area contributed by atoms with Gasteiger partial charge in [-0.25, -0.2) is 13.2 Å². The lowest BCUT2D eigenvalue weighted by atomic mass is 9.81. The Bertz CT molecular complexity index is 1300. The van der Waals surface area contributed by atoms with Gasteiger partial charge in [0.15, 0.2) is 0 Å². The van der Waals surface area contributed by atoms with E-state index in [1.54, 1.807) is 18.2 Å². The van der Waals surface area contributed by atoms with Crippen LogP contribution in [0.3, 0.4) is 0 Å². The van der Waals surface area contributed by atoms with Crippen molar-refractivity contribution in [2.24, 2.45) is 5.41 Å². The first-order valence-electron chi connectivity index (χ1n) is 11.3. The molecular formula is C27H25F3N2O3. The number of rotatable bonds is 7. The number of aryl methyl sites for hydroxylation is 1. The maximum Gasteiger partial charge on any atom is 0.310 e. The van der Waals surface area contributed by atoms with Gasteiger partial charge in [0.05, 0.1) is 36.3 Å². The van der Waals surface area contributed by atoms with Crippen molar-refractivity contribution in [3.63, 3.8) is 0 Å². The Morgan fingerprint density at radius 3 is 2.69 bits per heavy atom. The van der Waals surface area contributed by atoms with Crippen LogP contribution in [0.25, 0.3) is 10.9 Å². The van der Waals surface area contributed by atoms with Crippen molar-refractivity contribution < 1.29 is 27.8 Å². The molecule has 0 spiro atoms. The van der Waals surface area contributed by atoms with Crippen molar-refractivity contribution in [3.8, 4) is 17.6 Å². The predicted molar refractivity (Wildman–Crippen MR) is 126 cm³/mol. The van der Waals surface area contributed by atoms with Crippen LogP contribution in [0.1, 0.15) is 30.4 Å². The Morgan fingerprint density at radius 1 is 1.20 bits per heavy atom. The first-order valence-corrected chi connectivity index (χ1v) is 11.3. The fourth-order valence-corrected chi connectivity index (χ4v) is 4.62. The van der Waals surface area contributed by atoms with Gasteiger partial charge < -0.3 is 9.84 Å². The monoisotopic (exact) mass is 482 g/mol. The number of carboxylic acid groups (broad SMARTS) is 1. The summed E-state index contributed by atoms with van der Waals surface area (Å²) >= 11 is 0. The lowest BCUT2D eigenvalue weighted by Gasteiger charge is -2.24. The molecule has 182 valence electrons. The number of methoxy groups -OCH3 is 1. The van der Waals surface area contributed by atoms with E-state index in [4.69, 9.17) is 4.74 Å². The molecule has 2 heterocycles. The number of likely N-dealkylation sites (tertiary alicyclic amines) is 1. The summed E-state index contributed by atoms with van der Waals surface area (Å²) in [5.74, 6) is 3.07. The van der Waals surface area contributed by atoms with E-state index in [0.29, 0.717) is 54.4 Å². The second-order valence-corrected chi connectivity index (χ2v) is 8.77. The van der Waals surface area contributed by atoms with Gasteiger partial charge in [0.1, 0.15) is 23.2 Å². The summed E-state index contributed by atoms with van der Waals surface area (Å²) in [6.07, 6.45) is 2.80. The quantitative estimate of drug-likeness (QED) is 0.490. The molecular weight excluding hydrogens is 457 g/mol. The number of halogens is 3. The van der Waals surface area contributed by atoms with E-state index in [1.165, 1.54) is 19.4 Å². The Balaban J connectivity index is 1.43. The summed E-state index contributed by atoms with van der Waals surface area (Å²) in [6.45, 7) is 0.973. The van der Waals surface area contributed by atoms with Crippen molar-refractivity contribution in [1.82, 2.24) is 9.88 Å². The van der Waals surface area contributed by atoms with Gasteiger partial charge in [0.2, 0.25) is 0 Å². The Morgan fingerprint density at radius 2 is 1.97 bits per heavy atom. The molecule has 8 heteroatoms. The van der Waals surface area contributed by atoms with Crippen molar-refractivity contribution >= 4 is 16.9 Å².